The third kappa shape index (κ3) is 3.53. The molecular weight excluding hydrogens is 374 g/mol. The van der Waals surface area contributed by atoms with Crippen LogP contribution in [0.5, 0.6) is 0 Å². The van der Waals surface area contributed by atoms with Crippen LogP contribution >= 0.6 is 39.9 Å². The SMILES string of the molecule is COC(=O)[C@@H](C)N1C(=O)/C(=C/c2ccc(Br)cc2)SC1=S. The lowest BCUT2D eigenvalue weighted by molar-refractivity contribution is -0.147. The number of thioether (sulfide) groups is 1. The van der Waals surface area contributed by atoms with Gasteiger partial charge < -0.3 is 4.74 Å². The highest BCUT2D eigenvalue weighted by atomic mass is 79.9. The number of ether oxygens (including phenoxy) is 1. The lowest BCUT2D eigenvalue weighted by Gasteiger charge is -2.20. The molecule has 0 saturated carbocycles. The molecule has 2 rings (SSSR count). The van der Waals surface area contributed by atoms with Crippen LogP contribution in [0.15, 0.2) is 33.6 Å². The molecule has 1 aliphatic heterocycles. The van der Waals surface area contributed by atoms with E-state index in [1.54, 1.807) is 13.0 Å². The van der Waals surface area contributed by atoms with Gasteiger partial charge in [0.15, 0.2) is 0 Å². The van der Waals surface area contributed by atoms with Crippen LogP contribution in [0.4, 0.5) is 0 Å². The van der Waals surface area contributed by atoms with Gasteiger partial charge in [-0.15, -0.1) is 0 Å². The summed E-state index contributed by atoms with van der Waals surface area (Å²) < 4.78 is 5.99. The van der Waals surface area contributed by atoms with E-state index in [0.717, 1.165) is 10.0 Å². The van der Waals surface area contributed by atoms with E-state index in [-0.39, 0.29) is 5.91 Å². The minimum absolute atomic E-state index is 0.272. The van der Waals surface area contributed by atoms with E-state index in [2.05, 4.69) is 20.7 Å². The Hall–Kier alpha value is -1.18. The van der Waals surface area contributed by atoms with Crippen LogP contribution in [0.3, 0.4) is 0 Å². The second-order valence-electron chi connectivity index (χ2n) is 4.30. The molecule has 0 aromatic heterocycles. The number of nitrogens with zero attached hydrogens (tertiary/aromatic N) is 1. The van der Waals surface area contributed by atoms with Gasteiger partial charge in [-0.25, -0.2) is 4.79 Å². The van der Waals surface area contributed by atoms with Gasteiger partial charge in [-0.1, -0.05) is 52.0 Å². The largest absolute Gasteiger partial charge is 0.467 e. The first-order valence-electron chi connectivity index (χ1n) is 6.04. The number of halogens is 1. The van der Waals surface area contributed by atoms with Crippen LogP contribution in [-0.2, 0) is 14.3 Å². The van der Waals surface area contributed by atoms with Gasteiger partial charge >= 0.3 is 5.97 Å². The first kappa shape index (κ1) is 16.2. The van der Waals surface area contributed by atoms with Crippen molar-refractivity contribution in [3.63, 3.8) is 0 Å². The van der Waals surface area contributed by atoms with Crippen molar-refractivity contribution in [1.29, 1.82) is 0 Å². The fraction of sp³-hybridized carbons (Fsp3) is 0.214. The predicted octanol–water partition coefficient (Wildman–Crippen LogP) is 3.21. The first-order valence-corrected chi connectivity index (χ1v) is 8.06. The van der Waals surface area contributed by atoms with E-state index in [9.17, 15) is 9.59 Å². The Bertz CT molecular complexity index is 628. The molecule has 1 saturated heterocycles. The van der Waals surface area contributed by atoms with Crippen LogP contribution in [0.25, 0.3) is 6.08 Å². The fourth-order valence-electron chi connectivity index (χ4n) is 1.80. The minimum atomic E-state index is -0.724. The zero-order valence-electron chi connectivity index (χ0n) is 11.3. The summed E-state index contributed by atoms with van der Waals surface area (Å²) in [7, 11) is 1.29. The number of methoxy groups -OCH3 is 1. The summed E-state index contributed by atoms with van der Waals surface area (Å²) in [5.41, 5.74) is 0.893. The smallest absolute Gasteiger partial charge is 0.328 e. The third-order valence-electron chi connectivity index (χ3n) is 2.92. The number of esters is 1. The maximum atomic E-state index is 12.4. The highest BCUT2D eigenvalue weighted by Crippen LogP contribution is 2.34. The van der Waals surface area contributed by atoms with E-state index < -0.39 is 12.0 Å². The first-order chi connectivity index (χ1) is 9.93. The molecular formula is C14H12BrNO3S2. The van der Waals surface area contributed by atoms with Gasteiger partial charge in [0.05, 0.1) is 12.0 Å². The van der Waals surface area contributed by atoms with Crippen molar-refractivity contribution in [3.05, 3.63) is 39.2 Å². The summed E-state index contributed by atoms with van der Waals surface area (Å²) in [4.78, 5) is 25.8. The number of thiocarbonyl (C=S) groups is 1. The summed E-state index contributed by atoms with van der Waals surface area (Å²) in [5, 5.41) is 0. The quantitative estimate of drug-likeness (QED) is 0.454. The molecule has 0 radical (unpaired) electrons. The molecule has 21 heavy (non-hydrogen) atoms. The zero-order valence-corrected chi connectivity index (χ0v) is 14.5. The number of hydrogen-bond acceptors (Lipinski definition) is 5. The van der Waals surface area contributed by atoms with E-state index in [1.165, 1.54) is 23.8 Å². The molecule has 1 heterocycles. The predicted molar refractivity (Wildman–Crippen MR) is 90.6 cm³/mol. The van der Waals surface area contributed by atoms with Crippen LogP contribution in [0, 0.1) is 0 Å². The van der Waals surface area contributed by atoms with Gasteiger partial charge in [-0.05, 0) is 30.7 Å². The lowest BCUT2D eigenvalue weighted by Crippen LogP contribution is -2.42. The summed E-state index contributed by atoms with van der Waals surface area (Å²) in [6, 6.07) is 6.84. The van der Waals surface area contributed by atoms with E-state index in [0.29, 0.717) is 9.23 Å². The van der Waals surface area contributed by atoms with Crippen LogP contribution in [0.1, 0.15) is 12.5 Å². The molecule has 4 nitrogen and oxygen atoms in total. The molecule has 1 aliphatic rings. The third-order valence-corrected chi connectivity index (χ3v) is 4.78. The second-order valence-corrected chi connectivity index (χ2v) is 6.89. The molecule has 0 bridgehead atoms. The Kier molecular flexibility index (Phi) is 5.18. The summed E-state index contributed by atoms with van der Waals surface area (Å²) >= 11 is 9.73. The number of hydrogen-bond donors (Lipinski definition) is 0. The molecule has 0 unspecified atom stereocenters. The Morgan fingerprint density at radius 2 is 2.05 bits per heavy atom. The Balaban J connectivity index is 2.25. The molecule has 0 aliphatic carbocycles. The van der Waals surface area contributed by atoms with Crippen molar-refractivity contribution >= 4 is 62.2 Å². The Morgan fingerprint density at radius 1 is 1.43 bits per heavy atom. The van der Waals surface area contributed by atoms with Gasteiger partial charge in [0, 0.05) is 4.47 Å². The highest BCUT2D eigenvalue weighted by Gasteiger charge is 2.38. The molecule has 7 heteroatoms. The maximum Gasteiger partial charge on any atom is 0.328 e. The number of amides is 1. The van der Waals surface area contributed by atoms with E-state index >= 15 is 0 Å². The molecule has 1 fully saturated rings. The maximum absolute atomic E-state index is 12.4. The normalized spacial score (nSPS) is 18.2. The monoisotopic (exact) mass is 385 g/mol. The molecule has 1 aromatic carbocycles. The Morgan fingerprint density at radius 3 is 2.62 bits per heavy atom. The van der Waals surface area contributed by atoms with Crippen molar-refractivity contribution in [1.82, 2.24) is 4.90 Å². The number of carbonyl (C=O) groups excluding carboxylic acids is 2. The average molecular weight is 386 g/mol. The van der Waals surface area contributed by atoms with E-state index in [4.69, 9.17) is 12.2 Å². The number of benzene rings is 1. The minimum Gasteiger partial charge on any atom is -0.467 e. The van der Waals surface area contributed by atoms with Gasteiger partial charge in [-0.2, -0.15) is 0 Å². The van der Waals surface area contributed by atoms with E-state index in [1.807, 2.05) is 24.3 Å². The summed E-state index contributed by atoms with van der Waals surface area (Å²) in [6.45, 7) is 1.60. The second kappa shape index (κ2) is 6.72. The summed E-state index contributed by atoms with van der Waals surface area (Å²) in [5.74, 6) is -0.762. The van der Waals surface area contributed by atoms with Crippen molar-refractivity contribution < 1.29 is 14.3 Å². The lowest BCUT2D eigenvalue weighted by atomic mass is 10.2. The number of rotatable bonds is 3. The van der Waals surface area contributed by atoms with Gasteiger partial charge in [0.2, 0.25) is 0 Å². The van der Waals surface area contributed by atoms with Crippen LogP contribution in [-0.4, -0.2) is 34.2 Å². The van der Waals surface area contributed by atoms with Crippen molar-refractivity contribution in [3.8, 4) is 0 Å². The van der Waals surface area contributed by atoms with Crippen molar-refractivity contribution in [2.45, 2.75) is 13.0 Å². The van der Waals surface area contributed by atoms with Gasteiger partial charge in [0.25, 0.3) is 5.91 Å². The fourth-order valence-corrected chi connectivity index (χ4v) is 3.48. The zero-order chi connectivity index (χ0) is 15.6. The van der Waals surface area contributed by atoms with Crippen molar-refractivity contribution in [2.75, 3.05) is 7.11 Å². The standard InChI is InChI=1S/C14H12BrNO3S2/c1-8(13(18)19-2)16-12(17)11(21-14(16)20)7-9-3-5-10(15)6-4-9/h3-8H,1-2H3/b11-7-/t8-/m1/s1. The summed E-state index contributed by atoms with van der Waals surface area (Å²) in [6.07, 6.45) is 1.76. The average Bonchev–Trinajstić information content (AvgIpc) is 2.74. The molecule has 0 spiro atoms. The molecule has 1 amide bonds. The van der Waals surface area contributed by atoms with Crippen LogP contribution < -0.4 is 0 Å². The molecule has 0 N–H and O–H groups in total. The molecule has 110 valence electrons. The van der Waals surface area contributed by atoms with Gasteiger partial charge in [0.1, 0.15) is 10.4 Å². The van der Waals surface area contributed by atoms with Crippen LogP contribution in [0.2, 0.25) is 0 Å². The topological polar surface area (TPSA) is 46.6 Å². The Labute approximate surface area is 140 Å². The number of carbonyl (C=O) groups is 2. The van der Waals surface area contributed by atoms with Crippen molar-refractivity contribution in [2.24, 2.45) is 0 Å². The molecule has 1 atom stereocenters. The van der Waals surface area contributed by atoms with Gasteiger partial charge in [-0.3, -0.25) is 9.69 Å². The molecule has 1 aromatic rings. The highest BCUT2D eigenvalue weighted by molar-refractivity contribution is 9.10.